The van der Waals surface area contributed by atoms with E-state index < -0.39 is 10.0 Å². The minimum atomic E-state index is -3.67. The van der Waals surface area contributed by atoms with Crippen molar-refractivity contribution in [2.75, 3.05) is 10.0 Å². The molecule has 4 rings (SSSR count). The van der Waals surface area contributed by atoms with Gasteiger partial charge in [0.1, 0.15) is 5.00 Å². The number of aromatic nitrogens is 1. The van der Waals surface area contributed by atoms with Crippen LogP contribution in [0.3, 0.4) is 0 Å². The van der Waals surface area contributed by atoms with E-state index in [9.17, 15) is 13.2 Å². The second-order valence-corrected chi connectivity index (χ2v) is 9.74. The topological polar surface area (TPSA) is 88.2 Å². The van der Waals surface area contributed by atoms with E-state index in [1.807, 2.05) is 5.38 Å². The molecule has 1 amide bonds. The number of aryl methyl sites for hydroxylation is 1. The number of rotatable bonds is 5. The minimum Gasteiger partial charge on any atom is -0.322 e. The van der Waals surface area contributed by atoms with Crippen LogP contribution in [0.5, 0.6) is 0 Å². The van der Waals surface area contributed by atoms with Gasteiger partial charge in [-0.3, -0.25) is 14.5 Å². The highest BCUT2D eigenvalue weighted by Gasteiger charge is 2.20. The van der Waals surface area contributed by atoms with Gasteiger partial charge in [-0.2, -0.15) is 0 Å². The lowest BCUT2D eigenvalue weighted by atomic mass is 9.95. The number of nitrogens with zero attached hydrogens (tertiary/aromatic N) is 1. The van der Waals surface area contributed by atoms with Crippen LogP contribution in [0, 0.1) is 0 Å². The first kappa shape index (κ1) is 18.1. The Morgan fingerprint density at radius 3 is 2.59 bits per heavy atom. The molecule has 0 aliphatic heterocycles. The number of anilines is 2. The lowest BCUT2D eigenvalue weighted by Gasteiger charge is -2.13. The molecule has 0 atom stereocenters. The highest BCUT2D eigenvalue weighted by molar-refractivity contribution is 7.93. The zero-order valence-electron chi connectivity index (χ0n) is 14.3. The highest BCUT2D eigenvalue weighted by Crippen LogP contribution is 2.30. The molecule has 0 spiro atoms. The SMILES string of the molecule is O=C(Nc1ccc(S(=O)(=O)Nc2cncs2)cc1)c1csc2c1CCCC2. The molecule has 0 saturated heterocycles. The molecule has 9 heteroatoms. The standard InChI is InChI=1S/C18H17N3O3S3/c22-18(15-10-25-16-4-2-1-3-14(15)16)20-12-5-7-13(8-6-12)27(23,24)21-17-9-19-11-26-17/h5-11,21H,1-4H2,(H,20,22). The lowest BCUT2D eigenvalue weighted by Crippen LogP contribution is -2.15. The Labute approximate surface area is 165 Å². The number of sulfonamides is 1. The first-order valence-corrected chi connectivity index (χ1v) is 11.7. The van der Waals surface area contributed by atoms with Crippen molar-refractivity contribution < 1.29 is 13.2 Å². The molecule has 27 heavy (non-hydrogen) atoms. The van der Waals surface area contributed by atoms with Gasteiger partial charge < -0.3 is 5.32 Å². The van der Waals surface area contributed by atoms with Crippen LogP contribution in [0.15, 0.2) is 46.2 Å². The number of hydrogen-bond donors (Lipinski definition) is 2. The van der Waals surface area contributed by atoms with Crippen molar-refractivity contribution in [3.63, 3.8) is 0 Å². The van der Waals surface area contributed by atoms with E-state index in [4.69, 9.17) is 0 Å². The number of benzene rings is 1. The normalized spacial score (nSPS) is 13.8. The summed E-state index contributed by atoms with van der Waals surface area (Å²) in [5.74, 6) is -0.146. The van der Waals surface area contributed by atoms with Crippen LogP contribution in [-0.4, -0.2) is 19.3 Å². The third kappa shape index (κ3) is 3.90. The number of hydrogen-bond acceptors (Lipinski definition) is 6. The van der Waals surface area contributed by atoms with Crippen LogP contribution >= 0.6 is 22.7 Å². The van der Waals surface area contributed by atoms with E-state index in [1.165, 1.54) is 41.0 Å². The Balaban J connectivity index is 1.48. The molecule has 3 aromatic rings. The second-order valence-electron chi connectivity index (χ2n) is 6.21. The number of amides is 1. The molecule has 1 aliphatic carbocycles. The second kappa shape index (κ2) is 7.41. The van der Waals surface area contributed by atoms with Gasteiger partial charge in [-0.25, -0.2) is 8.42 Å². The van der Waals surface area contributed by atoms with Crippen LogP contribution in [0.2, 0.25) is 0 Å². The number of fused-ring (bicyclic) bond motifs is 1. The molecule has 1 aliphatic rings. The molecule has 6 nitrogen and oxygen atoms in total. The summed E-state index contributed by atoms with van der Waals surface area (Å²) in [4.78, 5) is 17.9. The molecular weight excluding hydrogens is 402 g/mol. The molecule has 2 aromatic heterocycles. The smallest absolute Gasteiger partial charge is 0.262 e. The fourth-order valence-electron chi connectivity index (χ4n) is 3.06. The van der Waals surface area contributed by atoms with Gasteiger partial charge in [0, 0.05) is 15.9 Å². The van der Waals surface area contributed by atoms with E-state index in [2.05, 4.69) is 15.0 Å². The van der Waals surface area contributed by atoms with E-state index in [0.717, 1.165) is 30.4 Å². The molecule has 2 heterocycles. The first-order valence-electron chi connectivity index (χ1n) is 8.45. The molecule has 0 bridgehead atoms. The molecule has 2 N–H and O–H groups in total. The zero-order chi connectivity index (χ0) is 18.9. The molecule has 1 aromatic carbocycles. The molecule has 140 valence electrons. The third-order valence-electron chi connectivity index (χ3n) is 4.40. The van der Waals surface area contributed by atoms with Crippen molar-refractivity contribution >= 4 is 49.3 Å². The van der Waals surface area contributed by atoms with Crippen molar-refractivity contribution in [2.45, 2.75) is 30.6 Å². The predicted octanol–water partition coefficient (Wildman–Crippen LogP) is 4.14. The van der Waals surface area contributed by atoms with Crippen LogP contribution in [0.4, 0.5) is 10.7 Å². The van der Waals surface area contributed by atoms with E-state index in [0.29, 0.717) is 10.7 Å². The predicted molar refractivity (Wildman–Crippen MR) is 108 cm³/mol. The van der Waals surface area contributed by atoms with E-state index in [1.54, 1.807) is 29.0 Å². The third-order valence-corrected chi connectivity index (χ3v) is 7.68. The molecular formula is C18H17N3O3S3. The number of carbonyl (C=O) groups excluding carboxylic acids is 1. The van der Waals surface area contributed by atoms with Gasteiger partial charge in [0.05, 0.1) is 22.2 Å². The molecule has 0 fully saturated rings. The Bertz CT molecular complexity index is 1060. The molecule has 0 saturated carbocycles. The Morgan fingerprint density at radius 1 is 1.07 bits per heavy atom. The minimum absolute atomic E-state index is 0.127. The van der Waals surface area contributed by atoms with Crippen molar-refractivity contribution in [1.29, 1.82) is 0 Å². The summed E-state index contributed by atoms with van der Waals surface area (Å²) in [5.41, 5.74) is 4.02. The zero-order valence-corrected chi connectivity index (χ0v) is 16.7. The Kier molecular flexibility index (Phi) is 4.98. The number of nitrogens with one attached hydrogen (secondary N) is 2. The maximum Gasteiger partial charge on any atom is 0.262 e. The fourth-order valence-corrected chi connectivity index (χ4v) is 5.99. The fraction of sp³-hybridized carbons (Fsp3) is 0.222. The number of thiophene rings is 1. The number of carbonyl (C=O) groups is 1. The maximum absolute atomic E-state index is 12.6. The van der Waals surface area contributed by atoms with Gasteiger partial charge >= 0.3 is 0 Å². The van der Waals surface area contributed by atoms with Crippen molar-refractivity contribution in [3.05, 3.63) is 57.4 Å². The summed E-state index contributed by atoms with van der Waals surface area (Å²) in [7, 11) is -3.67. The maximum atomic E-state index is 12.6. The van der Waals surface area contributed by atoms with Crippen molar-refractivity contribution in [3.8, 4) is 0 Å². The Morgan fingerprint density at radius 2 is 1.85 bits per heavy atom. The van der Waals surface area contributed by atoms with Crippen molar-refractivity contribution in [1.82, 2.24) is 4.98 Å². The highest BCUT2D eigenvalue weighted by atomic mass is 32.2. The van der Waals surface area contributed by atoms with E-state index >= 15 is 0 Å². The lowest BCUT2D eigenvalue weighted by molar-refractivity contribution is 0.102. The van der Waals surface area contributed by atoms with Gasteiger partial charge in [0.25, 0.3) is 15.9 Å². The van der Waals surface area contributed by atoms with Crippen LogP contribution in [0.1, 0.15) is 33.6 Å². The molecule has 0 radical (unpaired) electrons. The average Bonchev–Trinajstić information content (AvgIpc) is 3.31. The first-order chi connectivity index (χ1) is 13.0. The monoisotopic (exact) mass is 419 g/mol. The number of thiazole rings is 1. The summed E-state index contributed by atoms with van der Waals surface area (Å²) in [6, 6.07) is 6.14. The molecule has 0 unspecified atom stereocenters. The summed E-state index contributed by atoms with van der Waals surface area (Å²) >= 11 is 2.85. The van der Waals surface area contributed by atoms with Crippen molar-refractivity contribution in [2.24, 2.45) is 0 Å². The average molecular weight is 420 g/mol. The summed E-state index contributed by atoms with van der Waals surface area (Å²) in [5, 5.41) is 5.24. The van der Waals surface area contributed by atoms with Gasteiger partial charge in [0.15, 0.2) is 0 Å². The summed E-state index contributed by atoms with van der Waals surface area (Å²) < 4.78 is 27.2. The van der Waals surface area contributed by atoms with Gasteiger partial charge in [-0.15, -0.1) is 22.7 Å². The van der Waals surface area contributed by atoms with E-state index in [-0.39, 0.29) is 10.8 Å². The van der Waals surface area contributed by atoms with Crippen LogP contribution in [-0.2, 0) is 22.9 Å². The summed E-state index contributed by atoms with van der Waals surface area (Å²) in [6.07, 6.45) is 5.75. The quantitative estimate of drug-likeness (QED) is 0.651. The van der Waals surface area contributed by atoms with Gasteiger partial charge in [-0.1, -0.05) is 0 Å². The van der Waals surface area contributed by atoms with Gasteiger partial charge in [0.2, 0.25) is 0 Å². The Hall–Kier alpha value is -2.23. The largest absolute Gasteiger partial charge is 0.322 e. The van der Waals surface area contributed by atoms with Crippen LogP contribution < -0.4 is 10.0 Å². The summed E-state index contributed by atoms with van der Waals surface area (Å²) in [6.45, 7) is 0. The van der Waals surface area contributed by atoms with Gasteiger partial charge in [-0.05, 0) is 55.5 Å². The van der Waals surface area contributed by atoms with Crippen LogP contribution in [0.25, 0.3) is 0 Å².